The first kappa shape index (κ1) is 14.4. The van der Waals surface area contributed by atoms with Crippen molar-refractivity contribution in [2.75, 3.05) is 19.6 Å². The number of carbonyl (C=O) groups is 1. The Morgan fingerprint density at radius 2 is 2.04 bits per heavy atom. The van der Waals surface area contributed by atoms with Crippen molar-refractivity contribution in [1.82, 2.24) is 29.8 Å². The fraction of sp³-hybridized carbons (Fsp3) is 0.562. The molecule has 0 aliphatic carbocycles. The fourth-order valence-corrected chi connectivity index (χ4v) is 3.47. The summed E-state index contributed by atoms with van der Waals surface area (Å²) >= 11 is 0. The molecule has 2 aromatic heterocycles. The molecule has 7 heteroatoms. The summed E-state index contributed by atoms with van der Waals surface area (Å²) in [5.41, 5.74) is 2.76. The van der Waals surface area contributed by atoms with Crippen LogP contribution in [0.1, 0.15) is 41.1 Å². The van der Waals surface area contributed by atoms with E-state index in [0.717, 1.165) is 50.5 Å². The molecule has 0 saturated carbocycles. The summed E-state index contributed by atoms with van der Waals surface area (Å²) < 4.78 is 1.98. The van der Waals surface area contributed by atoms with E-state index in [2.05, 4.69) is 20.2 Å². The third-order valence-corrected chi connectivity index (χ3v) is 4.74. The van der Waals surface area contributed by atoms with Gasteiger partial charge in [-0.2, -0.15) is 0 Å². The second kappa shape index (κ2) is 6.16. The third-order valence-electron chi connectivity index (χ3n) is 4.74. The standard InChI is InChI=1S/C16H22N6O/c23-16(13-5-3-6-17-13)21-9-4-10-22-15(12-21)14(18-19-22)11-20-7-1-2-8-20/h3,5-6,17H,1-2,4,7-12H2. The summed E-state index contributed by atoms with van der Waals surface area (Å²) in [6, 6.07) is 3.68. The van der Waals surface area contributed by atoms with Crippen LogP contribution in [0.3, 0.4) is 0 Å². The molecule has 0 aromatic carbocycles. The van der Waals surface area contributed by atoms with Gasteiger partial charge in [0.05, 0.1) is 12.2 Å². The molecule has 2 aromatic rings. The zero-order valence-electron chi connectivity index (χ0n) is 13.2. The minimum Gasteiger partial charge on any atom is -0.357 e. The van der Waals surface area contributed by atoms with E-state index in [-0.39, 0.29) is 5.91 Å². The molecule has 0 unspecified atom stereocenters. The maximum Gasteiger partial charge on any atom is 0.270 e. The van der Waals surface area contributed by atoms with Gasteiger partial charge >= 0.3 is 0 Å². The zero-order valence-corrected chi connectivity index (χ0v) is 13.2. The summed E-state index contributed by atoms with van der Waals surface area (Å²) in [5.74, 6) is 0.0526. The van der Waals surface area contributed by atoms with E-state index < -0.39 is 0 Å². The molecule has 0 atom stereocenters. The zero-order chi connectivity index (χ0) is 15.6. The Morgan fingerprint density at radius 3 is 2.83 bits per heavy atom. The molecular formula is C16H22N6O. The number of hydrogen-bond acceptors (Lipinski definition) is 4. The van der Waals surface area contributed by atoms with Gasteiger partial charge in [0.1, 0.15) is 11.4 Å². The van der Waals surface area contributed by atoms with Crippen LogP contribution in [0.4, 0.5) is 0 Å². The van der Waals surface area contributed by atoms with Gasteiger partial charge < -0.3 is 9.88 Å². The predicted molar refractivity (Wildman–Crippen MR) is 84.7 cm³/mol. The first-order chi connectivity index (χ1) is 11.3. The third kappa shape index (κ3) is 2.88. The Morgan fingerprint density at radius 1 is 1.17 bits per heavy atom. The molecule has 7 nitrogen and oxygen atoms in total. The van der Waals surface area contributed by atoms with Gasteiger partial charge in [-0.1, -0.05) is 5.21 Å². The number of carbonyl (C=O) groups excluding carboxylic acids is 1. The average molecular weight is 314 g/mol. The van der Waals surface area contributed by atoms with Gasteiger partial charge in [0.2, 0.25) is 0 Å². The molecule has 4 heterocycles. The lowest BCUT2D eigenvalue weighted by molar-refractivity contribution is 0.0740. The van der Waals surface area contributed by atoms with E-state index in [9.17, 15) is 4.79 Å². The Hall–Kier alpha value is -2.15. The van der Waals surface area contributed by atoms with Crippen molar-refractivity contribution in [1.29, 1.82) is 0 Å². The lowest BCUT2D eigenvalue weighted by Gasteiger charge is -2.20. The number of likely N-dealkylation sites (tertiary alicyclic amines) is 1. The minimum atomic E-state index is 0.0526. The summed E-state index contributed by atoms with van der Waals surface area (Å²) in [5, 5.41) is 8.69. The molecule has 1 amide bonds. The second-order valence-electron chi connectivity index (χ2n) is 6.35. The Balaban J connectivity index is 1.55. The Bertz CT molecular complexity index is 671. The topological polar surface area (TPSA) is 70.0 Å². The van der Waals surface area contributed by atoms with E-state index in [1.165, 1.54) is 12.8 Å². The normalized spacial score (nSPS) is 18.9. The van der Waals surface area contributed by atoms with Gasteiger partial charge in [0.15, 0.2) is 0 Å². The smallest absolute Gasteiger partial charge is 0.270 e. The quantitative estimate of drug-likeness (QED) is 0.925. The maximum absolute atomic E-state index is 12.6. The molecule has 2 aliphatic rings. The lowest BCUT2D eigenvalue weighted by Crippen LogP contribution is -2.31. The summed E-state index contributed by atoms with van der Waals surface area (Å²) in [6.45, 7) is 5.30. The first-order valence-corrected chi connectivity index (χ1v) is 8.37. The molecule has 122 valence electrons. The highest BCUT2D eigenvalue weighted by Gasteiger charge is 2.25. The number of amides is 1. The van der Waals surface area contributed by atoms with E-state index in [1.807, 2.05) is 21.7 Å². The van der Waals surface area contributed by atoms with E-state index in [4.69, 9.17) is 0 Å². The second-order valence-corrected chi connectivity index (χ2v) is 6.35. The van der Waals surface area contributed by atoms with E-state index in [0.29, 0.717) is 12.2 Å². The van der Waals surface area contributed by atoms with Crippen LogP contribution >= 0.6 is 0 Å². The van der Waals surface area contributed by atoms with E-state index >= 15 is 0 Å². The SMILES string of the molecule is O=C(c1ccc[nH]1)N1CCCn2nnc(CN3CCCC3)c2C1. The van der Waals surface area contributed by atoms with Crippen LogP contribution in [-0.4, -0.2) is 55.3 Å². The monoisotopic (exact) mass is 314 g/mol. The number of H-pyrrole nitrogens is 1. The van der Waals surface area contributed by atoms with Crippen molar-refractivity contribution in [3.8, 4) is 0 Å². The van der Waals surface area contributed by atoms with Gasteiger partial charge in [-0.3, -0.25) is 9.69 Å². The van der Waals surface area contributed by atoms with Crippen LogP contribution in [0.25, 0.3) is 0 Å². The summed E-state index contributed by atoms with van der Waals surface area (Å²) in [6.07, 6.45) is 5.23. The van der Waals surface area contributed by atoms with Crippen molar-refractivity contribution in [2.24, 2.45) is 0 Å². The van der Waals surface area contributed by atoms with Gasteiger partial charge in [-0.25, -0.2) is 4.68 Å². The molecule has 2 aliphatic heterocycles. The Kier molecular flexibility index (Phi) is 3.87. The molecule has 0 radical (unpaired) electrons. The van der Waals surface area contributed by atoms with Crippen LogP contribution in [0.2, 0.25) is 0 Å². The number of hydrogen-bond donors (Lipinski definition) is 1. The molecular weight excluding hydrogens is 292 g/mol. The molecule has 1 saturated heterocycles. The van der Waals surface area contributed by atoms with Crippen molar-refractivity contribution in [3.63, 3.8) is 0 Å². The number of aromatic nitrogens is 4. The van der Waals surface area contributed by atoms with Crippen molar-refractivity contribution < 1.29 is 4.79 Å². The average Bonchev–Trinajstić information content (AvgIpc) is 3.29. The highest BCUT2D eigenvalue weighted by Crippen LogP contribution is 2.19. The van der Waals surface area contributed by atoms with Gasteiger partial charge in [-0.15, -0.1) is 5.10 Å². The maximum atomic E-state index is 12.6. The van der Waals surface area contributed by atoms with Crippen molar-refractivity contribution in [3.05, 3.63) is 35.4 Å². The van der Waals surface area contributed by atoms with Crippen molar-refractivity contribution in [2.45, 2.75) is 38.9 Å². The number of aromatic amines is 1. The summed E-state index contributed by atoms with van der Waals surface area (Å²) in [7, 11) is 0. The molecule has 4 rings (SSSR count). The molecule has 1 N–H and O–H groups in total. The van der Waals surface area contributed by atoms with Crippen LogP contribution < -0.4 is 0 Å². The number of fused-ring (bicyclic) bond motifs is 1. The highest BCUT2D eigenvalue weighted by molar-refractivity contribution is 5.92. The highest BCUT2D eigenvalue weighted by atomic mass is 16.2. The van der Waals surface area contributed by atoms with Crippen LogP contribution in [0, 0.1) is 0 Å². The number of nitrogens with zero attached hydrogens (tertiary/aromatic N) is 5. The van der Waals surface area contributed by atoms with Crippen LogP contribution in [0.5, 0.6) is 0 Å². The fourth-order valence-electron chi connectivity index (χ4n) is 3.47. The molecule has 0 spiro atoms. The minimum absolute atomic E-state index is 0.0526. The molecule has 1 fully saturated rings. The number of aryl methyl sites for hydroxylation is 1. The molecule has 23 heavy (non-hydrogen) atoms. The van der Waals surface area contributed by atoms with Crippen LogP contribution in [0.15, 0.2) is 18.3 Å². The van der Waals surface area contributed by atoms with Gasteiger partial charge in [-0.05, 0) is 44.5 Å². The van der Waals surface area contributed by atoms with Crippen LogP contribution in [-0.2, 0) is 19.6 Å². The predicted octanol–water partition coefficient (Wildman–Crippen LogP) is 1.25. The van der Waals surface area contributed by atoms with Gasteiger partial charge in [0.25, 0.3) is 5.91 Å². The lowest BCUT2D eigenvalue weighted by atomic mass is 10.2. The van der Waals surface area contributed by atoms with Gasteiger partial charge in [0, 0.05) is 25.8 Å². The largest absolute Gasteiger partial charge is 0.357 e. The number of nitrogens with one attached hydrogen (secondary N) is 1. The first-order valence-electron chi connectivity index (χ1n) is 8.37. The molecule has 0 bridgehead atoms. The summed E-state index contributed by atoms with van der Waals surface area (Å²) in [4.78, 5) is 20.0. The Labute approximate surface area is 135 Å². The number of rotatable bonds is 3. The van der Waals surface area contributed by atoms with E-state index in [1.54, 1.807) is 6.20 Å². The van der Waals surface area contributed by atoms with Crippen molar-refractivity contribution >= 4 is 5.91 Å².